The van der Waals surface area contributed by atoms with Gasteiger partial charge in [0.2, 0.25) is 0 Å². The first-order valence-electron chi connectivity index (χ1n) is 5.21. The molecule has 72 valence electrons. The van der Waals surface area contributed by atoms with E-state index in [4.69, 9.17) is 5.26 Å². The number of unbranched alkanes of at least 4 members (excludes halogenated alkanes) is 1. The molecule has 0 heterocycles. The molecule has 0 aromatic heterocycles. The van der Waals surface area contributed by atoms with Gasteiger partial charge in [-0.25, -0.2) is 0 Å². The Bertz CT molecular complexity index is 242. The summed E-state index contributed by atoms with van der Waals surface area (Å²) in [5, 5.41) is 8.88. The summed E-state index contributed by atoms with van der Waals surface area (Å²) in [5.74, 6) is 0.666. The zero-order valence-electron chi connectivity index (χ0n) is 8.93. The molecule has 0 bridgehead atoms. The third-order valence-corrected chi connectivity index (χ3v) is 2.94. The van der Waals surface area contributed by atoms with Gasteiger partial charge in [0.05, 0.1) is 6.07 Å². The van der Waals surface area contributed by atoms with Crippen LogP contribution in [0.5, 0.6) is 0 Å². The first kappa shape index (κ1) is 10.3. The average Bonchev–Trinajstić information content (AvgIpc) is 2.67. The van der Waals surface area contributed by atoms with E-state index in [0.29, 0.717) is 11.3 Å². The Morgan fingerprint density at radius 3 is 2.62 bits per heavy atom. The van der Waals surface area contributed by atoms with E-state index in [1.165, 1.54) is 12.8 Å². The highest BCUT2D eigenvalue weighted by Crippen LogP contribution is 2.52. The largest absolute Gasteiger partial charge is 0.193 e. The standard InChI is InChI=1S/C12H19N/c1-4-5-6-10(9-13)7-11-8-12(11,2)3/h7,11H,4-6,8H2,1-3H3. The fourth-order valence-electron chi connectivity index (χ4n) is 1.58. The quantitative estimate of drug-likeness (QED) is 0.601. The maximum atomic E-state index is 8.88. The van der Waals surface area contributed by atoms with Gasteiger partial charge in [-0.1, -0.05) is 33.3 Å². The van der Waals surface area contributed by atoms with Crippen LogP contribution in [-0.2, 0) is 0 Å². The molecule has 0 radical (unpaired) electrons. The van der Waals surface area contributed by atoms with Gasteiger partial charge in [0.1, 0.15) is 0 Å². The maximum Gasteiger partial charge on any atom is 0.0943 e. The lowest BCUT2D eigenvalue weighted by Gasteiger charge is -1.99. The normalized spacial score (nSPS) is 25.4. The van der Waals surface area contributed by atoms with Crippen LogP contribution in [0, 0.1) is 22.7 Å². The van der Waals surface area contributed by atoms with E-state index in [1.54, 1.807) is 0 Å². The van der Waals surface area contributed by atoms with Crippen molar-refractivity contribution in [2.24, 2.45) is 11.3 Å². The molecule has 1 aliphatic rings. The fraction of sp³-hybridized carbons (Fsp3) is 0.750. The van der Waals surface area contributed by atoms with Gasteiger partial charge in [-0.05, 0) is 30.6 Å². The Labute approximate surface area is 81.5 Å². The summed E-state index contributed by atoms with van der Waals surface area (Å²) >= 11 is 0. The van der Waals surface area contributed by atoms with Crippen molar-refractivity contribution in [3.8, 4) is 6.07 Å². The minimum atomic E-state index is 0.467. The topological polar surface area (TPSA) is 23.8 Å². The molecule has 1 aliphatic carbocycles. The number of allylic oxidation sites excluding steroid dienone is 2. The summed E-state index contributed by atoms with van der Waals surface area (Å²) in [5.41, 5.74) is 1.46. The van der Waals surface area contributed by atoms with Crippen molar-refractivity contribution in [3.05, 3.63) is 11.6 Å². The van der Waals surface area contributed by atoms with Crippen molar-refractivity contribution < 1.29 is 0 Å². The molecule has 0 aromatic rings. The monoisotopic (exact) mass is 177 g/mol. The third-order valence-electron chi connectivity index (χ3n) is 2.94. The van der Waals surface area contributed by atoms with Gasteiger partial charge >= 0.3 is 0 Å². The molecule has 0 N–H and O–H groups in total. The molecule has 1 atom stereocenters. The van der Waals surface area contributed by atoms with Crippen LogP contribution in [0.4, 0.5) is 0 Å². The van der Waals surface area contributed by atoms with Crippen molar-refractivity contribution in [2.75, 3.05) is 0 Å². The predicted octanol–water partition coefficient (Wildman–Crippen LogP) is 3.67. The van der Waals surface area contributed by atoms with Gasteiger partial charge in [-0.3, -0.25) is 0 Å². The molecule has 1 rings (SSSR count). The Morgan fingerprint density at radius 2 is 2.23 bits per heavy atom. The number of hydrogen-bond donors (Lipinski definition) is 0. The van der Waals surface area contributed by atoms with Gasteiger partial charge in [0, 0.05) is 5.57 Å². The molecule has 13 heavy (non-hydrogen) atoms. The highest BCUT2D eigenvalue weighted by molar-refractivity contribution is 5.25. The molecule has 0 saturated heterocycles. The van der Waals surface area contributed by atoms with Crippen LogP contribution in [0.2, 0.25) is 0 Å². The summed E-state index contributed by atoms with van der Waals surface area (Å²) in [6.45, 7) is 6.70. The van der Waals surface area contributed by atoms with Gasteiger partial charge in [-0.2, -0.15) is 5.26 Å². The number of nitriles is 1. The average molecular weight is 177 g/mol. The van der Waals surface area contributed by atoms with Crippen LogP contribution in [0.25, 0.3) is 0 Å². The maximum absolute atomic E-state index is 8.88. The van der Waals surface area contributed by atoms with E-state index < -0.39 is 0 Å². The van der Waals surface area contributed by atoms with Crippen LogP contribution in [0.1, 0.15) is 46.5 Å². The van der Waals surface area contributed by atoms with Crippen molar-refractivity contribution in [2.45, 2.75) is 46.5 Å². The second-order valence-corrected chi connectivity index (χ2v) is 4.71. The Hall–Kier alpha value is -0.770. The van der Waals surface area contributed by atoms with Crippen molar-refractivity contribution >= 4 is 0 Å². The number of hydrogen-bond acceptors (Lipinski definition) is 1. The Balaban J connectivity index is 2.44. The molecule has 1 unspecified atom stereocenters. The minimum Gasteiger partial charge on any atom is -0.193 e. The minimum absolute atomic E-state index is 0.467. The fourth-order valence-corrected chi connectivity index (χ4v) is 1.58. The van der Waals surface area contributed by atoms with Crippen molar-refractivity contribution in [1.29, 1.82) is 5.26 Å². The number of nitrogens with zero attached hydrogens (tertiary/aromatic N) is 1. The summed E-state index contributed by atoms with van der Waals surface area (Å²) in [7, 11) is 0. The lowest BCUT2D eigenvalue weighted by Crippen LogP contribution is -1.88. The number of rotatable bonds is 4. The molecule has 1 nitrogen and oxygen atoms in total. The molecule has 0 amide bonds. The van der Waals surface area contributed by atoms with Crippen LogP contribution < -0.4 is 0 Å². The summed E-state index contributed by atoms with van der Waals surface area (Å²) < 4.78 is 0. The summed E-state index contributed by atoms with van der Waals surface area (Å²) in [6.07, 6.45) is 6.74. The lowest BCUT2D eigenvalue weighted by atomic mass is 10.0. The van der Waals surface area contributed by atoms with Gasteiger partial charge in [0.15, 0.2) is 0 Å². The zero-order valence-corrected chi connectivity index (χ0v) is 8.93. The Kier molecular flexibility index (Phi) is 3.14. The third kappa shape index (κ3) is 2.88. The smallest absolute Gasteiger partial charge is 0.0943 e. The first-order chi connectivity index (χ1) is 6.10. The molecule has 0 aromatic carbocycles. The SMILES string of the molecule is CCCCC(C#N)=CC1CC1(C)C. The first-order valence-corrected chi connectivity index (χ1v) is 5.21. The zero-order chi connectivity index (χ0) is 9.90. The van der Waals surface area contributed by atoms with Gasteiger partial charge in [0.25, 0.3) is 0 Å². The van der Waals surface area contributed by atoms with E-state index in [1.807, 2.05) is 0 Å². The summed E-state index contributed by atoms with van der Waals surface area (Å²) in [4.78, 5) is 0. The summed E-state index contributed by atoms with van der Waals surface area (Å²) in [6, 6.07) is 2.31. The van der Waals surface area contributed by atoms with E-state index >= 15 is 0 Å². The van der Waals surface area contributed by atoms with Crippen LogP contribution in [0.15, 0.2) is 11.6 Å². The van der Waals surface area contributed by atoms with Crippen LogP contribution in [0.3, 0.4) is 0 Å². The molecule has 1 saturated carbocycles. The van der Waals surface area contributed by atoms with Crippen LogP contribution in [-0.4, -0.2) is 0 Å². The second kappa shape index (κ2) is 3.96. The molecular weight excluding hydrogens is 158 g/mol. The Morgan fingerprint density at radius 1 is 1.62 bits per heavy atom. The van der Waals surface area contributed by atoms with E-state index in [0.717, 1.165) is 18.4 Å². The second-order valence-electron chi connectivity index (χ2n) is 4.71. The molecular formula is C12H19N. The van der Waals surface area contributed by atoms with Gasteiger partial charge in [-0.15, -0.1) is 0 Å². The van der Waals surface area contributed by atoms with E-state index in [2.05, 4.69) is 32.9 Å². The highest BCUT2D eigenvalue weighted by atomic mass is 14.5. The molecule has 1 fully saturated rings. The molecule has 0 aliphatic heterocycles. The predicted molar refractivity (Wildman–Crippen MR) is 55.1 cm³/mol. The molecule has 1 heteroatoms. The molecule has 0 spiro atoms. The van der Waals surface area contributed by atoms with E-state index in [-0.39, 0.29) is 0 Å². The van der Waals surface area contributed by atoms with Crippen molar-refractivity contribution in [1.82, 2.24) is 0 Å². The van der Waals surface area contributed by atoms with Crippen molar-refractivity contribution in [3.63, 3.8) is 0 Å². The van der Waals surface area contributed by atoms with E-state index in [9.17, 15) is 0 Å². The highest BCUT2D eigenvalue weighted by Gasteiger charge is 2.43. The van der Waals surface area contributed by atoms with Gasteiger partial charge < -0.3 is 0 Å². The lowest BCUT2D eigenvalue weighted by molar-refractivity contribution is 0.608. The van der Waals surface area contributed by atoms with Crippen LogP contribution >= 0.6 is 0 Å².